The molecule has 2 saturated heterocycles. The van der Waals surface area contributed by atoms with Gasteiger partial charge in [0.05, 0.1) is 0 Å². The molecule has 3 aliphatic rings. The molecule has 0 amide bonds. The van der Waals surface area contributed by atoms with Crippen LogP contribution in [0.15, 0.2) is 0 Å². The van der Waals surface area contributed by atoms with E-state index < -0.39 is 0 Å². The van der Waals surface area contributed by atoms with Gasteiger partial charge in [-0.05, 0) is 31.2 Å². The molecular weight excluding hydrogens is 234 g/mol. The van der Waals surface area contributed by atoms with Crippen molar-refractivity contribution in [3.63, 3.8) is 0 Å². The fourth-order valence-electron chi connectivity index (χ4n) is 4.40. The van der Waals surface area contributed by atoms with Crippen LogP contribution in [0, 0.1) is 5.41 Å². The van der Waals surface area contributed by atoms with Crippen molar-refractivity contribution in [2.75, 3.05) is 39.3 Å². The van der Waals surface area contributed by atoms with Crippen molar-refractivity contribution in [2.45, 2.75) is 58.0 Å². The molecule has 0 aromatic rings. The first-order valence-corrected chi connectivity index (χ1v) is 8.36. The van der Waals surface area contributed by atoms with E-state index >= 15 is 0 Å². The third-order valence-electron chi connectivity index (χ3n) is 5.82. The Morgan fingerprint density at radius 3 is 2.21 bits per heavy atom. The number of nitrogens with zero attached hydrogens (tertiary/aromatic N) is 2. The molecule has 3 nitrogen and oxygen atoms in total. The van der Waals surface area contributed by atoms with Crippen molar-refractivity contribution in [2.24, 2.45) is 5.41 Å². The standard InChI is InChI=1S/C16H31N3/c1-16(2)7-8-17-13-15(16)19-11-9-18(10-12-19)14-5-3-4-6-14/h14-15,17H,3-13H2,1-2H3. The fourth-order valence-corrected chi connectivity index (χ4v) is 4.40. The summed E-state index contributed by atoms with van der Waals surface area (Å²) in [4.78, 5) is 5.53. The van der Waals surface area contributed by atoms with Crippen LogP contribution < -0.4 is 5.32 Å². The maximum Gasteiger partial charge on any atom is 0.0273 e. The molecule has 19 heavy (non-hydrogen) atoms. The minimum Gasteiger partial charge on any atom is -0.315 e. The molecule has 1 saturated carbocycles. The van der Waals surface area contributed by atoms with Crippen LogP contribution in [-0.4, -0.2) is 61.2 Å². The number of piperazine rings is 1. The summed E-state index contributed by atoms with van der Waals surface area (Å²) < 4.78 is 0. The summed E-state index contributed by atoms with van der Waals surface area (Å²) in [6.07, 6.45) is 7.16. The first-order valence-electron chi connectivity index (χ1n) is 8.36. The monoisotopic (exact) mass is 265 g/mol. The first kappa shape index (κ1) is 13.8. The molecule has 2 heterocycles. The summed E-state index contributed by atoms with van der Waals surface area (Å²) in [6, 6.07) is 1.66. The second-order valence-electron chi connectivity index (χ2n) is 7.47. The second-order valence-corrected chi connectivity index (χ2v) is 7.47. The van der Waals surface area contributed by atoms with Crippen molar-refractivity contribution < 1.29 is 0 Å². The molecule has 1 N–H and O–H groups in total. The van der Waals surface area contributed by atoms with E-state index in [1.54, 1.807) is 0 Å². The predicted molar refractivity (Wildman–Crippen MR) is 80.5 cm³/mol. The summed E-state index contributed by atoms with van der Waals surface area (Å²) in [7, 11) is 0. The maximum absolute atomic E-state index is 3.60. The lowest BCUT2D eigenvalue weighted by molar-refractivity contribution is 0.0112. The topological polar surface area (TPSA) is 18.5 Å². The largest absolute Gasteiger partial charge is 0.315 e. The number of rotatable bonds is 2. The van der Waals surface area contributed by atoms with E-state index in [0.717, 1.165) is 12.1 Å². The second kappa shape index (κ2) is 5.71. The molecule has 1 unspecified atom stereocenters. The molecule has 3 heteroatoms. The van der Waals surface area contributed by atoms with Crippen LogP contribution in [0.3, 0.4) is 0 Å². The zero-order valence-electron chi connectivity index (χ0n) is 12.8. The van der Waals surface area contributed by atoms with Crippen LogP contribution in [0.1, 0.15) is 46.0 Å². The lowest BCUT2D eigenvalue weighted by atomic mass is 9.77. The van der Waals surface area contributed by atoms with Crippen molar-refractivity contribution in [1.29, 1.82) is 0 Å². The van der Waals surface area contributed by atoms with Crippen molar-refractivity contribution in [3.05, 3.63) is 0 Å². The summed E-state index contributed by atoms with van der Waals surface area (Å²) in [5.74, 6) is 0. The lowest BCUT2D eigenvalue weighted by Crippen LogP contribution is -2.60. The number of piperidine rings is 1. The number of hydrogen-bond acceptors (Lipinski definition) is 3. The normalized spacial score (nSPS) is 34.7. The van der Waals surface area contributed by atoms with Gasteiger partial charge in [0.1, 0.15) is 0 Å². The van der Waals surface area contributed by atoms with Gasteiger partial charge in [-0.1, -0.05) is 26.7 Å². The van der Waals surface area contributed by atoms with Crippen LogP contribution in [0.5, 0.6) is 0 Å². The van der Waals surface area contributed by atoms with Gasteiger partial charge in [0, 0.05) is 44.8 Å². The molecule has 0 aromatic carbocycles. The third kappa shape index (κ3) is 2.98. The van der Waals surface area contributed by atoms with E-state index in [1.807, 2.05) is 0 Å². The van der Waals surface area contributed by atoms with Crippen molar-refractivity contribution in [3.8, 4) is 0 Å². The molecule has 0 aromatic heterocycles. The molecule has 1 aliphatic carbocycles. The summed E-state index contributed by atoms with van der Waals surface area (Å²) in [5, 5.41) is 3.60. The molecule has 1 atom stereocenters. The van der Waals surface area contributed by atoms with Crippen LogP contribution in [0.25, 0.3) is 0 Å². The van der Waals surface area contributed by atoms with Gasteiger partial charge in [-0.25, -0.2) is 0 Å². The highest BCUT2D eigenvalue weighted by Crippen LogP contribution is 2.32. The maximum atomic E-state index is 3.60. The Morgan fingerprint density at radius 2 is 1.58 bits per heavy atom. The number of hydrogen-bond donors (Lipinski definition) is 1. The highest BCUT2D eigenvalue weighted by molar-refractivity contribution is 4.94. The molecule has 3 fully saturated rings. The molecule has 0 radical (unpaired) electrons. The molecule has 0 bridgehead atoms. The Kier molecular flexibility index (Phi) is 4.16. The van der Waals surface area contributed by atoms with E-state index in [0.29, 0.717) is 5.41 Å². The van der Waals surface area contributed by atoms with Crippen LogP contribution in [0.2, 0.25) is 0 Å². The molecule has 110 valence electrons. The van der Waals surface area contributed by atoms with Gasteiger partial charge in [0.25, 0.3) is 0 Å². The average molecular weight is 265 g/mol. The quantitative estimate of drug-likeness (QED) is 0.823. The minimum absolute atomic E-state index is 0.487. The minimum atomic E-state index is 0.487. The number of nitrogens with one attached hydrogen (secondary N) is 1. The van der Waals surface area contributed by atoms with Gasteiger partial charge in [0.2, 0.25) is 0 Å². The van der Waals surface area contributed by atoms with Crippen LogP contribution in [-0.2, 0) is 0 Å². The van der Waals surface area contributed by atoms with Gasteiger partial charge in [-0.2, -0.15) is 0 Å². The third-order valence-corrected chi connectivity index (χ3v) is 5.82. The fraction of sp³-hybridized carbons (Fsp3) is 1.00. The van der Waals surface area contributed by atoms with E-state index in [9.17, 15) is 0 Å². The smallest absolute Gasteiger partial charge is 0.0273 e. The Labute approximate surface area is 118 Å². The van der Waals surface area contributed by atoms with Crippen molar-refractivity contribution >= 4 is 0 Å². The first-order chi connectivity index (χ1) is 9.17. The highest BCUT2D eigenvalue weighted by Gasteiger charge is 2.38. The van der Waals surface area contributed by atoms with Gasteiger partial charge in [-0.15, -0.1) is 0 Å². The Morgan fingerprint density at radius 1 is 0.947 bits per heavy atom. The van der Waals surface area contributed by atoms with Gasteiger partial charge in [0.15, 0.2) is 0 Å². The van der Waals surface area contributed by atoms with Gasteiger partial charge < -0.3 is 5.32 Å². The van der Waals surface area contributed by atoms with Gasteiger partial charge in [-0.3, -0.25) is 9.80 Å². The summed E-state index contributed by atoms with van der Waals surface area (Å²) >= 11 is 0. The van der Waals surface area contributed by atoms with E-state index in [-0.39, 0.29) is 0 Å². The SMILES string of the molecule is CC1(C)CCNCC1N1CCN(C2CCCC2)CC1. The Hall–Kier alpha value is -0.120. The lowest BCUT2D eigenvalue weighted by Gasteiger charge is -2.49. The zero-order chi connectivity index (χ0) is 13.3. The molecule has 3 rings (SSSR count). The average Bonchev–Trinajstić information content (AvgIpc) is 2.92. The molecule has 0 spiro atoms. The zero-order valence-corrected chi connectivity index (χ0v) is 12.8. The molecular formula is C16H31N3. The van der Waals surface area contributed by atoms with E-state index in [2.05, 4.69) is 29.0 Å². The summed E-state index contributed by atoms with van der Waals surface area (Å²) in [5.41, 5.74) is 0.487. The predicted octanol–water partition coefficient (Wildman–Crippen LogP) is 1.93. The Balaban J connectivity index is 1.54. The van der Waals surface area contributed by atoms with Gasteiger partial charge >= 0.3 is 0 Å². The van der Waals surface area contributed by atoms with E-state index in [1.165, 1.54) is 71.4 Å². The summed E-state index contributed by atoms with van der Waals surface area (Å²) in [6.45, 7) is 12.5. The Bertz CT molecular complexity index is 288. The van der Waals surface area contributed by atoms with Crippen LogP contribution in [0.4, 0.5) is 0 Å². The van der Waals surface area contributed by atoms with Crippen molar-refractivity contribution in [1.82, 2.24) is 15.1 Å². The molecule has 2 aliphatic heterocycles. The highest BCUT2D eigenvalue weighted by atomic mass is 15.3. The van der Waals surface area contributed by atoms with Crippen LogP contribution >= 0.6 is 0 Å². The van der Waals surface area contributed by atoms with E-state index in [4.69, 9.17) is 0 Å².